The quantitative estimate of drug-likeness (QED) is 0.415. The molecule has 160 valence electrons. The Hall–Kier alpha value is -2.61. The van der Waals surface area contributed by atoms with Gasteiger partial charge in [0.1, 0.15) is 19.3 Å². The molecule has 0 radical (unpaired) electrons. The summed E-state index contributed by atoms with van der Waals surface area (Å²) in [5.41, 5.74) is 9.13. The van der Waals surface area contributed by atoms with Gasteiger partial charge >= 0.3 is 6.09 Å². The van der Waals surface area contributed by atoms with Crippen molar-refractivity contribution in [2.45, 2.75) is 39.2 Å². The van der Waals surface area contributed by atoms with Crippen LogP contribution in [0.25, 0.3) is 0 Å². The predicted molar refractivity (Wildman–Crippen MR) is 111 cm³/mol. The molecule has 0 saturated carbocycles. The fraction of sp³-hybridized carbons (Fsp3) is 0.571. The van der Waals surface area contributed by atoms with E-state index < -0.39 is 5.60 Å². The van der Waals surface area contributed by atoms with Crippen LogP contribution in [0.3, 0.4) is 0 Å². The van der Waals surface area contributed by atoms with E-state index in [0.29, 0.717) is 26.2 Å². The van der Waals surface area contributed by atoms with E-state index in [4.69, 9.17) is 15.2 Å². The van der Waals surface area contributed by atoms with E-state index in [1.165, 1.54) is 4.90 Å². The molecule has 1 heterocycles. The van der Waals surface area contributed by atoms with E-state index >= 15 is 0 Å². The van der Waals surface area contributed by atoms with Crippen molar-refractivity contribution in [2.75, 3.05) is 33.9 Å². The zero-order valence-electron chi connectivity index (χ0n) is 18.0. The van der Waals surface area contributed by atoms with Crippen LogP contribution in [0.2, 0.25) is 0 Å². The Kier molecular flexibility index (Phi) is 7.61. The molecule has 1 unspecified atom stereocenters. The van der Waals surface area contributed by atoms with Gasteiger partial charge in [0.2, 0.25) is 11.6 Å². The maximum absolute atomic E-state index is 12.0. The first kappa shape index (κ1) is 22.7. The summed E-state index contributed by atoms with van der Waals surface area (Å²) in [4.78, 5) is 28.2. The second-order valence-electron chi connectivity index (χ2n) is 8.18. The summed E-state index contributed by atoms with van der Waals surface area (Å²) in [5.74, 6) is 0.110. The Labute approximate surface area is 172 Å². The number of likely N-dealkylation sites (N-methyl/N-ethyl adjacent to an activating group) is 1. The monoisotopic (exact) mass is 405 g/mol. The Balaban J connectivity index is 1.86. The highest BCUT2D eigenvalue weighted by Crippen LogP contribution is 2.31. The fourth-order valence-electron chi connectivity index (χ4n) is 3.20. The van der Waals surface area contributed by atoms with E-state index in [2.05, 4.69) is 16.4 Å². The molecule has 1 fully saturated rings. The molecule has 29 heavy (non-hydrogen) atoms. The summed E-state index contributed by atoms with van der Waals surface area (Å²) in [5, 5.41) is 2.87. The number of allylic oxidation sites excluding steroid dienone is 3. The maximum atomic E-state index is 12.0. The highest BCUT2D eigenvalue weighted by molar-refractivity contribution is 5.97. The largest absolute Gasteiger partial charge is 0.444 e. The van der Waals surface area contributed by atoms with Gasteiger partial charge in [-0.15, -0.1) is 0 Å². The van der Waals surface area contributed by atoms with Gasteiger partial charge in [0.25, 0.3) is 0 Å². The van der Waals surface area contributed by atoms with Crippen molar-refractivity contribution in [3.63, 3.8) is 0 Å². The number of ether oxygens (including phenoxy) is 2. The van der Waals surface area contributed by atoms with Crippen LogP contribution in [0.15, 0.2) is 35.2 Å². The number of hydrogen-bond donors (Lipinski definition) is 3. The zero-order chi connectivity index (χ0) is 21.6. The average molecular weight is 406 g/mol. The number of nitrogens with one attached hydrogen (secondary N) is 2. The van der Waals surface area contributed by atoms with Gasteiger partial charge in [-0.2, -0.15) is 0 Å². The zero-order valence-corrected chi connectivity index (χ0v) is 18.0. The molecular formula is C21H33N4O4+. The second-order valence-corrected chi connectivity index (χ2v) is 8.18. The van der Waals surface area contributed by atoms with Crippen LogP contribution >= 0.6 is 0 Å². The molecule has 4 N–H and O–H groups in total. The predicted octanol–water partition coefficient (Wildman–Crippen LogP) is 0.214. The van der Waals surface area contributed by atoms with Gasteiger partial charge in [0, 0.05) is 37.0 Å². The number of carbonyl (C=O) groups is 2. The number of nitrogens with two attached hydrogens (primary N) is 1. The summed E-state index contributed by atoms with van der Waals surface area (Å²) in [6.45, 7) is 6.63. The van der Waals surface area contributed by atoms with Gasteiger partial charge in [-0.25, -0.2) is 9.79 Å². The second kappa shape index (κ2) is 9.73. The Morgan fingerprint density at radius 3 is 2.79 bits per heavy atom. The first-order valence-electron chi connectivity index (χ1n) is 9.83. The molecule has 0 aromatic carbocycles. The average Bonchev–Trinajstić information content (AvgIpc) is 3.01. The molecule has 1 saturated heterocycles. The van der Waals surface area contributed by atoms with E-state index in [0.717, 1.165) is 29.0 Å². The lowest BCUT2D eigenvalue weighted by Gasteiger charge is -2.24. The van der Waals surface area contributed by atoms with Crippen LogP contribution < -0.4 is 16.0 Å². The van der Waals surface area contributed by atoms with Crippen molar-refractivity contribution in [1.82, 2.24) is 10.2 Å². The number of carbonyl (C=O) groups excluding carboxylic acids is 2. The molecule has 1 atom stereocenters. The van der Waals surface area contributed by atoms with Crippen LogP contribution in [0.1, 0.15) is 33.6 Å². The smallest absolute Gasteiger partial charge is 0.410 e. The van der Waals surface area contributed by atoms with Gasteiger partial charge in [0.05, 0.1) is 13.0 Å². The topological polar surface area (TPSA) is 108 Å². The number of hydrogen-bond acceptors (Lipinski definition) is 5. The third kappa shape index (κ3) is 6.45. The minimum absolute atomic E-state index is 0.0247. The molecule has 8 heteroatoms. The van der Waals surface area contributed by atoms with Crippen molar-refractivity contribution in [1.29, 1.82) is 0 Å². The van der Waals surface area contributed by atoms with Crippen molar-refractivity contribution in [3.05, 3.63) is 35.2 Å². The summed E-state index contributed by atoms with van der Waals surface area (Å²) in [6, 6.07) is 0. The summed E-state index contributed by atoms with van der Waals surface area (Å²) in [7, 11) is 3.51. The SMILES string of the molecule is C[NH+]=C(COCCN(C)C(=O)OC(C)(C)C)/C(=C\N)C1C=C2CC(=O)NC2=CC1. The van der Waals surface area contributed by atoms with Crippen molar-refractivity contribution in [3.8, 4) is 0 Å². The van der Waals surface area contributed by atoms with Gasteiger partial charge in [-0.3, -0.25) is 4.79 Å². The Morgan fingerprint density at radius 2 is 2.17 bits per heavy atom. The molecule has 2 rings (SSSR count). The molecule has 0 aromatic heterocycles. The minimum atomic E-state index is -0.525. The molecular weight excluding hydrogens is 372 g/mol. The first-order valence-corrected chi connectivity index (χ1v) is 9.83. The molecule has 8 nitrogen and oxygen atoms in total. The molecule has 0 aromatic rings. The molecule has 1 aliphatic carbocycles. The Bertz CT molecular complexity index is 759. The number of rotatable bonds is 7. The van der Waals surface area contributed by atoms with Crippen LogP contribution in [0, 0.1) is 5.92 Å². The molecule has 1 aliphatic heterocycles. The molecule has 2 amide bonds. The fourth-order valence-corrected chi connectivity index (χ4v) is 3.20. The first-order chi connectivity index (χ1) is 13.6. The number of fused-ring (bicyclic) bond motifs is 1. The highest BCUT2D eigenvalue weighted by Gasteiger charge is 2.29. The summed E-state index contributed by atoms with van der Waals surface area (Å²) < 4.78 is 11.1. The summed E-state index contributed by atoms with van der Waals surface area (Å²) >= 11 is 0. The lowest BCUT2D eigenvalue weighted by Crippen LogP contribution is -2.70. The lowest BCUT2D eigenvalue weighted by molar-refractivity contribution is -0.421. The third-order valence-corrected chi connectivity index (χ3v) is 4.70. The molecule has 0 bridgehead atoms. The number of amides is 2. The summed E-state index contributed by atoms with van der Waals surface area (Å²) in [6.07, 6.45) is 6.51. The van der Waals surface area contributed by atoms with Gasteiger partial charge in [0.15, 0.2) is 0 Å². The normalized spacial score (nSPS) is 19.9. The van der Waals surface area contributed by atoms with Crippen molar-refractivity contribution < 1.29 is 24.1 Å². The van der Waals surface area contributed by atoms with Crippen LogP contribution in [-0.4, -0.2) is 62.1 Å². The van der Waals surface area contributed by atoms with E-state index in [1.807, 2.05) is 33.9 Å². The van der Waals surface area contributed by atoms with Gasteiger partial charge in [-0.05, 0) is 32.8 Å². The lowest BCUT2D eigenvalue weighted by atomic mass is 9.86. The third-order valence-electron chi connectivity index (χ3n) is 4.70. The maximum Gasteiger partial charge on any atom is 0.410 e. The van der Waals surface area contributed by atoms with Crippen LogP contribution in [0.5, 0.6) is 0 Å². The van der Waals surface area contributed by atoms with Crippen LogP contribution in [0.4, 0.5) is 4.79 Å². The van der Waals surface area contributed by atoms with Crippen molar-refractivity contribution in [2.24, 2.45) is 11.7 Å². The van der Waals surface area contributed by atoms with E-state index in [1.54, 1.807) is 13.2 Å². The van der Waals surface area contributed by atoms with Gasteiger partial charge < -0.3 is 25.4 Å². The number of nitrogens with zero attached hydrogens (tertiary/aromatic N) is 1. The van der Waals surface area contributed by atoms with Crippen LogP contribution in [-0.2, 0) is 14.3 Å². The molecule has 0 spiro atoms. The standard InChI is InChI=1S/C21H32N4O4/c1-21(2,3)29-20(27)25(5)8-9-28-13-18(23-4)16(12-22)14-6-7-17-15(10-14)11-19(26)24-17/h7,10,12,14H,6,8-9,11,13,22H2,1-5H3,(H,24,26)/p+1/b16-12-,23-18?. The van der Waals surface area contributed by atoms with E-state index in [-0.39, 0.29) is 17.9 Å². The Morgan fingerprint density at radius 1 is 1.45 bits per heavy atom. The minimum Gasteiger partial charge on any atom is -0.444 e. The van der Waals surface area contributed by atoms with Crippen molar-refractivity contribution >= 4 is 17.7 Å². The van der Waals surface area contributed by atoms with E-state index in [9.17, 15) is 9.59 Å². The van der Waals surface area contributed by atoms with Gasteiger partial charge in [-0.1, -0.05) is 12.2 Å². The molecule has 2 aliphatic rings. The highest BCUT2D eigenvalue weighted by atomic mass is 16.6.